The van der Waals surface area contributed by atoms with E-state index in [1.54, 1.807) is 72.7 Å². The maximum atomic E-state index is 15.6. The quantitative estimate of drug-likeness (QED) is 0.132. The van der Waals surface area contributed by atoms with E-state index in [1.165, 1.54) is 101 Å². The zero-order chi connectivity index (χ0) is 69.3. The van der Waals surface area contributed by atoms with Crippen molar-refractivity contribution in [2.45, 2.75) is 188 Å². The normalized spacial score (nSPS) is 23.4. The number of carbonyl (C=O) groups is 11. The molecule has 90 heavy (non-hydrogen) atoms. The number of phenolic OH excluding ortho intramolecular Hbond substituents is 1. The SMILES string of the molecule is CC[C@H](C)[C@H]1C(=O)N[C@@H](C)C(=O)N(C)[C@@H](CC(C)C)C(=O)N[C@@H](Cc2ccc(O)cc2)C(=O)N(C)[C@H](C)C(=O)O[C@H](C)[C@H](N(C)C(=O)[C@H](CC(C)C)N(C)C(=O)[C@H](COC)N(C)C(=O)[C@H](OC(=O)[C@H](C(C)C)N(C)C)C(C)C)C(=O)N(C)[C@@H](COC)C(=O)N1C. The lowest BCUT2D eigenvalue weighted by Gasteiger charge is -2.41. The second kappa shape index (κ2) is 35.6. The molecule has 0 spiro atoms. The number of ether oxygens (including phenoxy) is 4. The van der Waals surface area contributed by atoms with Gasteiger partial charge >= 0.3 is 11.9 Å². The molecular formula is C64H108N10O16. The van der Waals surface area contributed by atoms with Gasteiger partial charge in [-0.25, -0.2) is 4.79 Å². The van der Waals surface area contributed by atoms with Crippen molar-refractivity contribution in [2.75, 3.05) is 90.9 Å². The third-order valence-electron chi connectivity index (χ3n) is 16.9. The summed E-state index contributed by atoms with van der Waals surface area (Å²) in [6.45, 7) is 21.3. The minimum atomic E-state index is -1.80. The molecule has 510 valence electrons. The van der Waals surface area contributed by atoms with Crippen molar-refractivity contribution in [1.29, 1.82) is 0 Å². The fourth-order valence-corrected chi connectivity index (χ4v) is 11.2. The van der Waals surface area contributed by atoms with Crippen LogP contribution in [-0.2, 0) is 78.1 Å². The Morgan fingerprint density at radius 3 is 1.69 bits per heavy atom. The van der Waals surface area contributed by atoms with Crippen molar-refractivity contribution in [1.82, 2.24) is 49.8 Å². The van der Waals surface area contributed by atoms with Crippen molar-refractivity contribution in [2.24, 2.45) is 29.6 Å². The summed E-state index contributed by atoms with van der Waals surface area (Å²) < 4.78 is 23.1. The number of nitrogens with zero attached hydrogens (tertiary/aromatic N) is 8. The molecule has 1 aromatic rings. The van der Waals surface area contributed by atoms with Crippen LogP contribution >= 0.6 is 0 Å². The Labute approximate surface area is 534 Å². The van der Waals surface area contributed by atoms with Gasteiger partial charge in [0.2, 0.25) is 47.3 Å². The van der Waals surface area contributed by atoms with Crippen LogP contribution in [0.4, 0.5) is 0 Å². The van der Waals surface area contributed by atoms with E-state index in [-0.39, 0.29) is 49.4 Å². The van der Waals surface area contributed by atoms with E-state index in [1.807, 2.05) is 27.7 Å². The predicted octanol–water partition coefficient (Wildman–Crippen LogP) is 2.26. The predicted molar refractivity (Wildman–Crippen MR) is 338 cm³/mol. The number of rotatable bonds is 23. The van der Waals surface area contributed by atoms with E-state index < -0.39 is 156 Å². The monoisotopic (exact) mass is 1270 g/mol. The topological polar surface area (TPSA) is 295 Å². The van der Waals surface area contributed by atoms with Crippen LogP contribution in [0.2, 0.25) is 0 Å². The molecule has 2 rings (SSSR count). The largest absolute Gasteiger partial charge is 0.508 e. The molecule has 0 aromatic heterocycles. The molecule has 0 radical (unpaired) electrons. The Kier molecular flexibility index (Phi) is 31.3. The fourth-order valence-electron chi connectivity index (χ4n) is 11.2. The third-order valence-corrected chi connectivity index (χ3v) is 16.9. The highest BCUT2D eigenvalue weighted by Gasteiger charge is 2.47. The summed E-state index contributed by atoms with van der Waals surface area (Å²) in [6, 6.07) is -7.41. The van der Waals surface area contributed by atoms with E-state index in [0.717, 1.165) is 29.4 Å². The number of hydrogen-bond donors (Lipinski definition) is 3. The van der Waals surface area contributed by atoms with Gasteiger partial charge in [0, 0.05) is 70.0 Å². The second-order valence-corrected chi connectivity index (χ2v) is 25.9. The maximum Gasteiger partial charge on any atom is 0.328 e. The van der Waals surface area contributed by atoms with Crippen LogP contribution in [0.15, 0.2) is 24.3 Å². The number of cyclic esters (lactones) is 1. The lowest BCUT2D eigenvalue weighted by atomic mass is 9.95. The molecule has 1 heterocycles. The van der Waals surface area contributed by atoms with Crippen molar-refractivity contribution >= 4 is 65.1 Å². The molecule has 1 fully saturated rings. The Hall–Kier alpha value is -6.93. The number of aromatic hydroxyl groups is 1. The number of hydrogen-bond acceptors (Lipinski definition) is 17. The van der Waals surface area contributed by atoms with E-state index in [2.05, 4.69) is 10.6 Å². The summed E-state index contributed by atoms with van der Waals surface area (Å²) in [5, 5.41) is 15.7. The number of esters is 2. The first-order valence-corrected chi connectivity index (χ1v) is 31.1. The highest BCUT2D eigenvalue weighted by atomic mass is 16.6. The highest BCUT2D eigenvalue weighted by Crippen LogP contribution is 2.25. The Morgan fingerprint density at radius 1 is 0.644 bits per heavy atom. The maximum absolute atomic E-state index is 15.6. The van der Waals surface area contributed by atoms with E-state index in [0.29, 0.717) is 12.0 Å². The smallest absolute Gasteiger partial charge is 0.328 e. The van der Waals surface area contributed by atoms with Crippen LogP contribution in [-0.4, -0.2) is 273 Å². The third kappa shape index (κ3) is 20.5. The Balaban J connectivity index is 3.01. The van der Waals surface area contributed by atoms with Gasteiger partial charge in [0.1, 0.15) is 72.3 Å². The number of benzene rings is 1. The highest BCUT2D eigenvalue weighted by molar-refractivity contribution is 5.99. The van der Waals surface area contributed by atoms with E-state index in [4.69, 9.17) is 18.9 Å². The first-order chi connectivity index (χ1) is 41.7. The Bertz CT molecular complexity index is 2610. The van der Waals surface area contributed by atoms with Crippen LogP contribution in [0.5, 0.6) is 5.75 Å². The molecule has 1 aromatic carbocycles. The average Bonchev–Trinajstić information content (AvgIpc) is 1.18. The van der Waals surface area contributed by atoms with Crippen LogP contribution in [0.1, 0.15) is 115 Å². The van der Waals surface area contributed by atoms with Crippen LogP contribution in [0, 0.1) is 29.6 Å². The summed E-state index contributed by atoms with van der Waals surface area (Å²) in [7, 11) is 15.4. The second-order valence-electron chi connectivity index (χ2n) is 25.9. The van der Waals surface area contributed by atoms with E-state index in [9.17, 15) is 38.7 Å². The van der Waals surface area contributed by atoms with Crippen molar-refractivity contribution in [3.05, 3.63) is 29.8 Å². The number of carbonyl (C=O) groups excluding carboxylic acids is 11. The number of methoxy groups -OCH3 is 2. The summed E-state index contributed by atoms with van der Waals surface area (Å²) in [4.78, 5) is 172. The molecule has 0 saturated carbocycles. The molecule has 3 N–H and O–H groups in total. The summed E-state index contributed by atoms with van der Waals surface area (Å²) >= 11 is 0. The van der Waals surface area contributed by atoms with Gasteiger partial charge in [0.25, 0.3) is 5.91 Å². The minimum Gasteiger partial charge on any atom is -0.508 e. The zero-order valence-corrected chi connectivity index (χ0v) is 58.0. The number of nitrogens with one attached hydrogen (secondary N) is 2. The Morgan fingerprint density at radius 2 is 1.20 bits per heavy atom. The lowest BCUT2D eigenvalue weighted by molar-refractivity contribution is -0.171. The summed E-state index contributed by atoms with van der Waals surface area (Å²) in [6.07, 6.45) is -2.60. The zero-order valence-electron chi connectivity index (χ0n) is 58.0. The minimum absolute atomic E-state index is 0.0137. The molecule has 26 nitrogen and oxygen atoms in total. The standard InChI is InChI=1S/C64H108N10O16/c1-25-39(10)51-55(77)65-40(11)56(78)69(17)46(30-35(2)3)54(76)66-45(32-43-26-28-44(75)29-27-43)57(79)68(16)41(12)63(85)89-42(13)52(61(83)71(19)49(34-88-24)60(82)73(51)21)74(22)58(80)47(31-36(4)5)70(18)59(81)48(33-87-23)72(20)62(84)53(38(8)9)90-64(86)50(37(6)7)67(14)15/h26-29,35-42,45-53,75H,25,30-34H2,1-24H3,(H,65,77)(H,66,76)/t39-,40-,41+,42+,45-,46-,47-,48-,49-,50-,51-,52-,53+/m0/s1. The molecule has 0 unspecified atom stereocenters. The van der Waals surface area contributed by atoms with Gasteiger partial charge in [-0.2, -0.15) is 0 Å². The molecule has 0 bridgehead atoms. The van der Waals surface area contributed by atoms with Gasteiger partial charge in [0.15, 0.2) is 6.10 Å². The van der Waals surface area contributed by atoms with E-state index >= 15 is 19.2 Å². The van der Waals surface area contributed by atoms with Gasteiger partial charge in [0.05, 0.1) is 13.2 Å². The van der Waals surface area contributed by atoms with Gasteiger partial charge in [-0.1, -0.05) is 87.8 Å². The van der Waals surface area contributed by atoms with Gasteiger partial charge in [-0.3, -0.25) is 52.8 Å². The first kappa shape index (κ1) is 79.2. The summed E-state index contributed by atoms with van der Waals surface area (Å²) in [5.74, 6) is -10.4. The van der Waals surface area contributed by atoms with Crippen molar-refractivity contribution in [3.63, 3.8) is 0 Å². The van der Waals surface area contributed by atoms with Crippen molar-refractivity contribution < 1.29 is 76.8 Å². The fraction of sp³-hybridized carbons (Fsp3) is 0.734. The van der Waals surface area contributed by atoms with Crippen LogP contribution in [0.3, 0.4) is 0 Å². The van der Waals surface area contributed by atoms with Crippen LogP contribution in [0.25, 0.3) is 0 Å². The molecule has 0 aliphatic carbocycles. The molecule has 26 heteroatoms. The number of likely N-dealkylation sites (N-methyl/N-ethyl adjacent to an activating group) is 8. The molecule has 1 saturated heterocycles. The molecule has 1 aliphatic rings. The number of phenols is 1. The summed E-state index contributed by atoms with van der Waals surface area (Å²) in [5.41, 5.74) is 0.506. The molecular weight excluding hydrogens is 1160 g/mol. The first-order valence-electron chi connectivity index (χ1n) is 31.1. The lowest BCUT2D eigenvalue weighted by Crippen LogP contribution is -2.64. The number of amides is 9. The average molecular weight is 1270 g/mol. The van der Waals surface area contributed by atoms with Gasteiger partial charge < -0.3 is 69.0 Å². The van der Waals surface area contributed by atoms with Crippen molar-refractivity contribution in [3.8, 4) is 5.75 Å². The van der Waals surface area contributed by atoms with Gasteiger partial charge in [-0.15, -0.1) is 0 Å². The van der Waals surface area contributed by atoms with Crippen LogP contribution < -0.4 is 10.6 Å². The molecule has 1 aliphatic heterocycles. The molecule has 9 amide bonds. The molecule has 13 atom stereocenters. The van der Waals surface area contributed by atoms with Gasteiger partial charge in [-0.05, 0) is 95.0 Å².